The number of rotatable bonds is 6. The summed E-state index contributed by atoms with van der Waals surface area (Å²) >= 11 is 0. The Morgan fingerprint density at radius 2 is 1.74 bits per heavy atom. The van der Waals surface area contributed by atoms with E-state index in [0.29, 0.717) is 0 Å². The van der Waals surface area contributed by atoms with Gasteiger partial charge in [0.25, 0.3) is 0 Å². The molecule has 106 valence electrons. The fraction of sp³-hybridized carbons (Fsp3) is 0.667. The van der Waals surface area contributed by atoms with Crippen LogP contribution in [0.3, 0.4) is 0 Å². The van der Waals surface area contributed by atoms with Crippen molar-refractivity contribution in [3.63, 3.8) is 0 Å². The first kappa shape index (κ1) is 14.6. The van der Waals surface area contributed by atoms with Crippen LogP contribution in [0.4, 0.5) is 0 Å². The highest BCUT2D eigenvalue weighted by molar-refractivity contribution is 5.34. The molecule has 0 aliphatic heterocycles. The van der Waals surface area contributed by atoms with Crippen molar-refractivity contribution >= 4 is 0 Å². The summed E-state index contributed by atoms with van der Waals surface area (Å²) in [6, 6.07) is 8.91. The maximum Gasteiger partial charge on any atom is 0.0412 e. The standard InChI is InChI=1S/C18H29N/c1-2-3-4-6-11-16-12-7-8-13-17(16)18(19)14-9-5-10-15-18/h7-8,12-13H,2-6,9-11,14-15,19H2,1H3. The lowest BCUT2D eigenvalue weighted by Gasteiger charge is -2.35. The van der Waals surface area contributed by atoms with Crippen molar-refractivity contribution in [2.75, 3.05) is 0 Å². The monoisotopic (exact) mass is 259 g/mol. The Morgan fingerprint density at radius 1 is 1.00 bits per heavy atom. The molecule has 0 radical (unpaired) electrons. The second-order valence-electron chi connectivity index (χ2n) is 6.18. The van der Waals surface area contributed by atoms with Crippen LogP contribution in [0.1, 0.15) is 75.8 Å². The zero-order valence-electron chi connectivity index (χ0n) is 12.5. The van der Waals surface area contributed by atoms with Gasteiger partial charge in [-0.05, 0) is 36.8 Å². The smallest absolute Gasteiger partial charge is 0.0412 e. The average molecular weight is 259 g/mol. The van der Waals surface area contributed by atoms with Crippen LogP contribution in [0, 0.1) is 0 Å². The molecule has 19 heavy (non-hydrogen) atoms. The number of hydrogen-bond acceptors (Lipinski definition) is 1. The molecule has 1 aliphatic rings. The molecular formula is C18H29N. The highest BCUT2D eigenvalue weighted by atomic mass is 14.7. The molecule has 1 aromatic carbocycles. The van der Waals surface area contributed by atoms with Gasteiger partial charge < -0.3 is 5.73 Å². The van der Waals surface area contributed by atoms with Crippen molar-refractivity contribution in [2.24, 2.45) is 5.73 Å². The van der Waals surface area contributed by atoms with Gasteiger partial charge in [-0.25, -0.2) is 0 Å². The van der Waals surface area contributed by atoms with Crippen molar-refractivity contribution in [3.8, 4) is 0 Å². The molecule has 1 fully saturated rings. The first-order valence-corrected chi connectivity index (χ1v) is 8.13. The van der Waals surface area contributed by atoms with E-state index in [1.165, 1.54) is 75.3 Å². The molecule has 2 rings (SSSR count). The van der Waals surface area contributed by atoms with Crippen LogP contribution >= 0.6 is 0 Å². The summed E-state index contributed by atoms with van der Waals surface area (Å²) in [4.78, 5) is 0. The second kappa shape index (κ2) is 7.09. The van der Waals surface area contributed by atoms with Gasteiger partial charge in [0.1, 0.15) is 0 Å². The van der Waals surface area contributed by atoms with Crippen LogP contribution in [-0.2, 0) is 12.0 Å². The van der Waals surface area contributed by atoms with Gasteiger partial charge in [0, 0.05) is 5.54 Å². The molecule has 0 atom stereocenters. The van der Waals surface area contributed by atoms with E-state index in [-0.39, 0.29) is 5.54 Å². The molecule has 2 N–H and O–H groups in total. The van der Waals surface area contributed by atoms with E-state index in [1.807, 2.05) is 0 Å². The van der Waals surface area contributed by atoms with E-state index in [4.69, 9.17) is 5.73 Å². The largest absolute Gasteiger partial charge is 0.321 e. The van der Waals surface area contributed by atoms with E-state index < -0.39 is 0 Å². The van der Waals surface area contributed by atoms with Gasteiger partial charge in [-0.15, -0.1) is 0 Å². The summed E-state index contributed by atoms with van der Waals surface area (Å²) in [6.07, 6.45) is 12.8. The van der Waals surface area contributed by atoms with Gasteiger partial charge in [-0.2, -0.15) is 0 Å². The lowest BCUT2D eigenvalue weighted by Crippen LogP contribution is -2.39. The number of aryl methyl sites for hydroxylation is 1. The molecule has 1 nitrogen and oxygen atoms in total. The van der Waals surface area contributed by atoms with Gasteiger partial charge in [0.2, 0.25) is 0 Å². The maximum atomic E-state index is 6.71. The van der Waals surface area contributed by atoms with Crippen molar-refractivity contribution in [2.45, 2.75) is 76.7 Å². The zero-order valence-corrected chi connectivity index (χ0v) is 12.5. The summed E-state index contributed by atoms with van der Waals surface area (Å²) in [5.41, 5.74) is 9.61. The van der Waals surface area contributed by atoms with Crippen molar-refractivity contribution in [1.82, 2.24) is 0 Å². The first-order chi connectivity index (χ1) is 9.26. The number of nitrogens with two attached hydrogens (primary N) is 1. The fourth-order valence-electron chi connectivity index (χ4n) is 3.42. The minimum absolute atomic E-state index is 0.0421. The van der Waals surface area contributed by atoms with Gasteiger partial charge >= 0.3 is 0 Å². The Balaban J connectivity index is 2.06. The van der Waals surface area contributed by atoms with Gasteiger partial charge in [0.05, 0.1) is 0 Å². The molecule has 0 aromatic heterocycles. The Kier molecular flexibility index (Phi) is 5.45. The third kappa shape index (κ3) is 3.82. The summed E-state index contributed by atoms with van der Waals surface area (Å²) in [5.74, 6) is 0. The van der Waals surface area contributed by atoms with Crippen LogP contribution in [-0.4, -0.2) is 0 Å². The Bertz CT molecular complexity index is 377. The summed E-state index contributed by atoms with van der Waals surface area (Å²) in [7, 11) is 0. The van der Waals surface area contributed by atoms with Crippen molar-refractivity contribution in [1.29, 1.82) is 0 Å². The summed E-state index contributed by atoms with van der Waals surface area (Å²) < 4.78 is 0. The lowest BCUT2D eigenvalue weighted by molar-refractivity contribution is 0.300. The van der Waals surface area contributed by atoms with Crippen LogP contribution in [0.15, 0.2) is 24.3 Å². The van der Waals surface area contributed by atoms with E-state index >= 15 is 0 Å². The minimum Gasteiger partial charge on any atom is -0.321 e. The van der Waals surface area contributed by atoms with Crippen LogP contribution in [0.25, 0.3) is 0 Å². The van der Waals surface area contributed by atoms with E-state index in [2.05, 4.69) is 31.2 Å². The predicted octanol–water partition coefficient (Wildman–Crippen LogP) is 4.93. The zero-order chi connectivity index (χ0) is 13.6. The molecular weight excluding hydrogens is 230 g/mol. The second-order valence-corrected chi connectivity index (χ2v) is 6.18. The highest BCUT2D eigenvalue weighted by Crippen LogP contribution is 2.36. The molecule has 1 saturated carbocycles. The van der Waals surface area contributed by atoms with Gasteiger partial charge in [-0.1, -0.05) is 69.7 Å². The molecule has 0 heterocycles. The summed E-state index contributed by atoms with van der Waals surface area (Å²) in [6.45, 7) is 2.27. The lowest BCUT2D eigenvalue weighted by atomic mass is 9.75. The molecule has 0 saturated heterocycles. The number of hydrogen-bond donors (Lipinski definition) is 1. The quantitative estimate of drug-likeness (QED) is 0.720. The van der Waals surface area contributed by atoms with Gasteiger partial charge in [-0.3, -0.25) is 0 Å². The molecule has 1 aliphatic carbocycles. The Hall–Kier alpha value is -0.820. The van der Waals surface area contributed by atoms with Gasteiger partial charge in [0.15, 0.2) is 0 Å². The van der Waals surface area contributed by atoms with E-state index in [0.717, 1.165) is 0 Å². The van der Waals surface area contributed by atoms with Crippen molar-refractivity contribution in [3.05, 3.63) is 35.4 Å². The van der Waals surface area contributed by atoms with Crippen LogP contribution < -0.4 is 5.73 Å². The third-order valence-corrected chi connectivity index (χ3v) is 4.60. The molecule has 0 amide bonds. The highest BCUT2D eigenvalue weighted by Gasteiger charge is 2.30. The maximum absolute atomic E-state index is 6.71. The number of unbranched alkanes of at least 4 members (excludes halogenated alkanes) is 3. The molecule has 0 unspecified atom stereocenters. The fourth-order valence-corrected chi connectivity index (χ4v) is 3.42. The Morgan fingerprint density at radius 3 is 2.47 bits per heavy atom. The predicted molar refractivity (Wildman–Crippen MR) is 83.2 cm³/mol. The summed E-state index contributed by atoms with van der Waals surface area (Å²) in [5, 5.41) is 0. The average Bonchev–Trinajstić information content (AvgIpc) is 2.45. The van der Waals surface area contributed by atoms with Crippen molar-refractivity contribution < 1.29 is 0 Å². The van der Waals surface area contributed by atoms with E-state index in [9.17, 15) is 0 Å². The van der Waals surface area contributed by atoms with Crippen LogP contribution in [0.5, 0.6) is 0 Å². The van der Waals surface area contributed by atoms with E-state index in [1.54, 1.807) is 0 Å². The molecule has 0 bridgehead atoms. The normalized spacial score (nSPS) is 18.4. The SMILES string of the molecule is CCCCCCc1ccccc1C1(N)CCCCC1. The Labute approximate surface area is 118 Å². The number of benzene rings is 1. The first-order valence-electron chi connectivity index (χ1n) is 8.13. The minimum atomic E-state index is -0.0421. The topological polar surface area (TPSA) is 26.0 Å². The molecule has 0 spiro atoms. The molecule has 1 aromatic rings. The molecule has 1 heteroatoms. The third-order valence-electron chi connectivity index (χ3n) is 4.60. The van der Waals surface area contributed by atoms with Crippen LogP contribution in [0.2, 0.25) is 0 Å².